The SMILES string of the molecule is CCOC(=O)C(NC(C)C)c1cc(Cl)c2c(c1)OCO2. The van der Waals surface area contributed by atoms with Gasteiger partial charge in [-0.05, 0) is 38.5 Å². The van der Waals surface area contributed by atoms with Crippen LogP contribution < -0.4 is 14.8 Å². The molecule has 1 aromatic carbocycles. The molecule has 1 atom stereocenters. The van der Waals surface area contributed by atoms with Crippen LogP contribution in [0.1, 0.15) is 32.4 Å². The molecule has 0 aromatic heterocycles. The van der Waals surface area contributed by atoms with Gasteiger partial charge in [-0.3, -0.25) is 5.32 Å². The van der Waals surface area contributed by atoms with Crippen molar-refractivity contribution in [1.82, 2.24) is 5.32 Å². The van der Waals surface area contributed by atoms with Crippen LogP contribution >= 0.6 is 11.6 Å². The molecule has 6 heteroatoms. The van der Waals surface area contributed by atoms with Crippen LogP contribution in [0.3, 0.4) is 0 Å². The molecule has 0 saturated heterocycles. The highest BCUT2D eigenvalue weighted by Crippen LogP contribution is 2.41. The molecule has 0 saturated carbocycles. The summed E-state index contributed by atoms with van der Waals surface area (Å²) in [5.74, 6) is 0.728. The Hall–Kier alpha value is -1.46. The van der Waals surface area contributed by atoms with Crippen molar-refractivity contribution in [2.45, 2.75) is 32.9 Å². The number of hydrogen-bond acceptors (Lipinski definition) is 5. The van der Waals surface area contributed by atoms with Crippen LogP contribution in [0.2, 0.25) is 5.02 Å². The van der Waals surface area contributed by atoms with Crippen molar-refractivity contribution in [3.8, 4) is 11.5 Å². The van der Waals surface area contributed by atoms with E-state index in [-0.39, 0.29) is 18.8 Å². The number of nitrogens with one attached hydrogen (secondary N) is 1. The summed E-state index contributed by atoms with van der Waals surface area (Å²) in [6.07, 6.45) is 0. The van der Waals surface area contributed by atoms with Crippen LogP contribution in [0.5, 0.6) is 11.5 Å². The summed E-state index contributed by atoms with van der Waals surface area (Å²) in [6, 6.07) is 2.99. The first-order valence-corrected chi connectivity index (χ1v) is 6.92. The summed E-state index contributed by atoms with van der Waals surface area (Å²) < 4.78 is 15.7. The normalized spacial score (nSPS) is 14.4. The van der Waals surface area contributed by atoms with Crippen LogP contribution in [-0.2, 0) is 9.53 Å². The molecule has 0 aliphatic carbocycles. The summed E-state index contributed by atoms with van der Waals surface area (Å²) in [5.41, 5.74) is 0.700. The molecule has 1 aromatic rings. The molecule has 5 nitrogen and oxygen atoms in total. The first-order valence-electron chi connectivity index (χ1n) is 6.54. The van der Waals surface area contributed by atoms with Crippen LogP contribution in [0, 0.1) is 0 Å². The number of benzene rings is 1. The van der Waals surface area contributed by atoms with Gasteiger partial charge < -0.3 is 14.2 Å². The first kappa shape index (κ1) is 14.9. The second kappa shape index (κ2) is 6.33. The highest BCUT2D eigenvalue weighted by molar-refractivity contribution is 6.32. The lowest BCUT2D eigenvalue weighted by atomic mass is 10.1. The van der Waals surface area contributed by atoms with Crippen molar-refractivity contribution in [1.29, 1.82) is 0 Å². The monoisotopic (exact) mass is 299 g/mol. The van der Waals surface area contributed by atoms with Crippen molar-refractivity contribution < 1.29 is 19.0 Å². The Morgan fingerprint density at radius 3 is 2.85 bits per heavy atom. The maximum atomic E-state index is 12.1. The number of carbonyl (C=O) groups excluding carboxylic acids is 1. The number of hydrogen-bond donors (Lipinski definition) is 1. The van der Waals surface area contributed by atoms with Crippen molar-refractivity contribution in [2.24, 2.45) is 0 Å². The van der Waals surface area contributed by atoms with Gasteiger partial charge in [-0.2, -0.15) is 0 Å². The molecule has 2 rings (SSSR count). The van der Waals surface area contributed by atoms with Crippen molar-refractivity contribution in [3.63, 3.8) is 0 Å². The molecule has 0 bridgehead atoms. The highest BCUT2D eigenvalue weighted by Gasteiger charge is 2.27. The third-order valence-corrected chi connectivity index (χ3v) is 3.09. The molecular weight excluding hydrogens is 282 g/mol. The lowest BCUT2D eigenvalue weighted by molar-refractivity contribution is -0.146. The molecule has 1 heterocycles. The predicted molar refractivity (Wildman–Crippen MR) is 75.2 cm³/mol. The Morgan fingerprint density at radius 2 is 2.20 bits per heavy atom. The summed E-state index contributed by atoms with van der Waals surface area (Å²) in [4.78, 5) is 12.1. The minimum atomic E-state index is -0.582. The first-order chi connectivity index (χ1) is 9.52. The Bertz CT molecular complexity index is 504. The van der Waals surface area contributed by atoms with E-state index in [2.05, 4.69) is 5.32 Å². The van der Waals surface area contributed by atoms with E-state index in [1.165, 1.54) is 0 Å². The van der Waals surface area contributed by atoms with E-state index in [1.54, 1.807) is 19.1 Å². The van der Waals surface area contributed by atoms with Crippen molar-refractivity contribution in [3.05, 3.63) is 22.7 Å². The van der Waals surface area contributed by atoms with Crippen LogP contribution in [-0.4, -0.2) is 25.4 Å². The number of ether oxygens (including phenoxy) is 3. The van der Waals surface area contributed by atoms with Crippen molar-refractivity contribution >= 4 is 17.6 Å². The van der Waals surface area contributed by atoms with Gasteiger partial charge in [0.1, 0.15) is 6.04 Å². The zero-order valence-electron chi connectivity index (χ0n) is 11.7. The van der Waals surface area contributed by atoms with Gasteiger partial charge in [-0.1, -0.05) is 11.6 Å². The van der Waals surface area contributed by atoms with E-state index in [0.29, 0.717) is 28.7 Å². The molecule has 1 unspecified atom stereocenters. The summed E-state index contributed by atoms with van der Waals surface area (Å²) >= 11 is 6.15. The van der Waals surface area contributed by atoms with Gasteiger partial charge in [0.05, 0.1) is 11.6 Å². The lowest BCUT2D eigenvalue weighted by Crippen LogP contribution is -2.34. The molecule has 0 fully saturated rings. The molecule has 0 spiro atoms. The number of fused-ring (bicyclic) bond motifs is 1. The van der Waals surface area contributed by atoms with Crippen molar-refractivity contribution in [2.75, 3.05) is 13.4 Å². The Kier molecular flexibility index (Phi) is 4.73. The fourth-order valence-electron chi connectivity index (χ4n) is 2.01. The Morgan fingerprint density at radius 1 is 1.45 bits per heavy atom. The zero-order valence-corrected chi connectivity index (χ0v) is 12.5. The third kappa shape index (κ3) is 3.16. The largest absolute Gasteiger partial charge is 0.465 e. The zero-order chi connectivity index (χ0) is 14.7. The Balaban J connectivity index is 2.33. The van der Waals surface area contributed by atoms with Gasteiger partial charge in [-0.25, -0.2) is 4.79 Å². The molecule has 110 valence electrons. The van der Waals surface area contributed by atoms with Gasteiger partial charge in [0, 0.05) is 6.04 Å². The van der Waals surface area contributed by atoms with E-state index in [1.807, 2.05) is 13.8 Å². The molecule has 20 heavy (non-hydrogen) atoms. The molecule has 1 aliphatic rings. The van der Waals surface area contributed by atoms with E-state index < -0.39 is 6.04 Å². The average molecular weight is 300 g/mol. The van der Waals surface area contributed by atoms with Gasteiger partial charge in [0.25, 0.3) is 0 Å². The van der Waals surface area contributed by atoms with E-state index in [9.17, 15) is 4.79 Å². The fraction of sp³-hybridized carbons (Fsp3) is 0.500. The van der Waals surface area contributed by atoms with Gasteiger partial charge >= 0.3 is 5.97 Å². The second-order valence-corrected chi connectivity index (χ2v) is 5.15. The van der Waals surface area contributed by atoms with Crippen LogP contribution in [0.15, 0.2) is 12.1 Å². The van der Waals surface area contributed by atoms with E-state index in [4.69, 9.17) is 25.8 Å². The lowest BCUT2D eigenvalue weighted by Gasteiger charge is -2.20. The van der Waals surface area contributed by atoms with Crippen LogP contribution in [0.25, 0.3) is 0 Å². The summed E-state index contributed by atoms with van der Waals surface area (Å²) in [5, 5.41) is 3.60. The van der Waals surface area contributed by atoms with Gasteiger partial charge in [-0.15, -0.1) is 0 Å². The molecule has 0 radical (unpaired) electrons. The standard InChI is InChI=1S/C14H18ClNO4/c1-4-18-14(17)12(16-8(2)3)9-5-10(15)13-11(6-9)19-7-20-13/h5-6,8,12,16H,4,7H2,1-3H3. The predicted octanol–water partition coefficient (Wildman–Crippen LogP) is 2.67. The van der Waals surface area contributed by atoms with E-state index in [0.717, 1.165) is 0 Å². The minimum absolute atomic E-state index is 0.119. The number of carbonyl (C=O) groups is 1. The van der Waals surface area contributed by atoms with Crippen LogP contribution in [0.4, 0.5) is 0 Å². The molecule has 0 amide bonds. The smallest absolute Gasteiger partial charge is 0.327 e. The van der Waals surface area contributed by atoms with Gasteiger partial charge in [0.15, 0.2) is 11.5 Å². The Labute approximate surface area is 123 Å². The number of rotatable bonds is 5. The summed E-state index contributed by atoms with van der Waals surface area (Å²) in [7, 11) is 0. The van der Waals surface area contributed by atoms with E-state index >= 15 is 0 Å². The minimum Gasteiger partial charge on any atom is -0.465 e. The maximum absolute atomic E-state index is 12.1. The summed E-state index contributed by atoms with van der Waals surface area (Å²) in [6.45, 7) is 6.16. The number of halogens is 1. The molecule has 1 aliphatic heterocycles. The maximum Gasteiger partial charge on any atom is 0.327 e. The number of esters is 1. The van der Waals surface area contributed by atoms with Gasteiger partial charge in [0.2, 0.25) is 6.79 Å². The second-order valence-electron chi connectivity index (χ2n) is 4.74. The highest BCUT2D eigenvalue weighted by atomic mass is 35.5. The molecule has 1 N–H and O–H groups in total. The average Bonchev–Trinajstić information content (AvgIpc) is 2.84. The topological polar surface area (TPSA) is 56.8 Å². The molecular formula is C14H18ClNO4. The third-order valence-electron chi connectivity index (χ3n) is 2.81. The quantitative estimate of drug-likeness (QED) is 0.847. The fourth-order valence-corrected chi connectivity index (χ4v) is 2.29.